The lowest BCUT2D eigenvalue weighted by molar-refractivity contribution is 0.0374. The lowest BCUT2D eigenvalue weighted by Crippen LogP contribution is -2.36. The first-order valence-corrected chi connectivity index (χ1v) is 9.48. The lowest BCUT2D eigenvalue weighted by Gasteiger charge is -2.26. The maximum Gasteiger partial charge on any atom is 0.122 e. The summed E-state index contributed by atoms with van der Waals surface area (Å²) < 4.78 is 11.4. The van der Waals surface area contributed by atoms with E-state index in [0.717, 1.165) is 64.5 Å². The largest absolute Gasteiger partial charge is 0.493 e. The third-order valence-electron chi connectivity index (χ3n) is 4.65. The number of hydrogen-bond donors (Lipinski definition) is 0. The van der Waals surface area contributed by atoms with Gasteiger partial charge in [-0.15, -0.1) is 0 Å². The minimum Gasteiger partial charge on any atom is -0.493 e. The van der Waals surface area contributed by atoms with Crippen molar-refractivity contribution in [1.29, 1.82) is 0 Å². The molecule has 3 rings (SSSR count). The van der Waals surface area contributed by atoms with Crippen molar-refractivity contribution in [2.45, 2.75) is 26.2 Å². The first kappa shape index (κ1) is 18.0. The van der Waals surface area contributed by atoms with Gasteiger partial charge in [0, 0.05) is 13.1 Å². The van der Waals surface area contributed by atoms with Gasteiger partial charge in [0.25, 0.3) is 0 Å². The van der Waals surface area contributed by atoms with E-state index in [1.165, 1.54) is 16.7 Å². The van der Waals surface area contributed by atoms with Gasteiger partial charge in [0.15, 0.2) is 0 Å². The second-order valence-corrected chi connectivity index (χ2v) is 6.59. The molecule has 0 bridgehead atoms. The number of aryl methyl sites for hydroxylation is 1. The predicted octanol–water partition coefficient (Wildman–Crippen LogP) is 4.41. The third-order valence-corrected chi connectivity index (χ3v) is 4.65. The molecule has 0 spiro atoms. The van der Waals surface area contributed by atoms with E-state index in [-0.39, 0.29) is 0 Å². The molecular formula is C22H29NO2. The highest BCUT2D eigenvalue weighted by atomic mass is 16.5. The summed E-state index contributed by atoms with van der Waals surface area (Å²) in [7, 11) is 0. The Morgan fingerprint density at radius 2 is 1.80 bits per heavy atom. The van der Waals surface area contributed by atoms with Crippen LogP contribution in [0, 0.1) is 0 Å². The highest BCUT2D eigenvalue weighted by molar-refractivity contribution is 5.65. The SMILES string of the molecule is CCCOc1ccc(-c2ccccc2)cc1CCCN1CCOCC1. The summed E-state index contributed by atoms with van der Waals surface area (Å²) in [5.41, 5.74) is 3.85. The van der Waals surface area contributed by atoms with Crippen molar-refractivity contribution in [1.82, 2.24) is 4.90 Å². The quantitative estimate of drug-likeness (QED) is 0.711. The van der Waals surface area contributed by atoms with Crippen molar-refractivity contribution in [3.63, 3.8) is 0 Å². The van der Waals surface area contributed by atoms with E-state index >= 15 is 0 Å². The molecular weight excluding hydrogens is 310 g/mol. The molecule has 3 heteroatoms. The molecule has 0 saturated carbocycles. The lowest BCUT2D eigenvalue weighted by atomic mass is 10.00. The Bertz CT molecular complexity index is 636. The summed E-state index contributed by atoms with van der Waals surface area (Å²) in [5.74, 6) is 1.04. The number of rotatable bonds is 8. The minimum atomic E-state index is 0.779. The van der Waals surface area contributed by atoms with Crippen LogP contribution in [-0.2, 0) is 11.2 Å². The van der Waals surface area contributed by atoms with Crippen molar-refractivity contribution in [3.8, 4) is 16.9 Å². The Morgan fingerprint density at radius 1 is 1.00 bits per heavy atom. The summed E-state index contributed by atoms with van der Waals surface area (Å²) in [6.45, 7) is 7.92. The normalized spacial score (nSPS) is 15.2. The van der Waals surface area contributed by atoms with Gasteiger partial charge in [0.05, 0.1) is 19.8 Å². The molecule has 1 aliphatic heterocycles. The van der Waals surface area contributed by atoms with E-state index in [0.29, 0.717) is 0 Å². The smallest absolute Gasteiger partial charge is 0.122 e. The molecule has 0 unspecified atom stereocenters. The van der Waals surface area contributed by atoms with Crippen molar-refractivity contribution >= 4 is 0 Å². The standard InChI is InChI=1S/C22H29NO2/c1-2-15-25-22-11-10-20(19-7-4-3-5-8-19)18-21(22)9-6-12-23-13-16-24-17-14-23/h3-5,7-8,10-11,18H,2,6,9,12-17H2,1H3. The fourth-order valence-corrected chi connectivity index (χ4v) is 3.26. The molecule has 1 aliphatic rings. The van der Waals surface area contributed by atoms with Gasteiger partial charge in [-0.05, 0) is 54.6 Å². The third kappa shape index (κ3) is 5.32. The second-order valence-electron chi connectivity index (χ2n) is 6.59. The van der Waals surface area contributed by atoms with E-state index < -0.39 is 0 Å². The van der Waals surface area contributed by atoms with Crippen LogP contribution in [0.2, 0.25) is 0 Å². The topological polar surface area (TPSA) is 21.7 Å². The van der Waals surface area contributed by atoms with Crippen molar-refractivity contribution in [2.75, 3.05) is 39.5 Å². The summed E-state index contributed by atoms with van der Waals surface area (Å²) in [6.07, 6.45) is 3.24. The van der Waals surface area contributed by atoms with Crippen LogP contribution in [-0.4, -0.2) is 44.4 Å². The monoisotopic (exact) mass is 339 g/mol. The molecule has 1 saturated heterocycles. The van der Waals surface area contributed by atoms with Gasteiger partial charge in [-0.2, -0.15) is 0 Å². The Labute approximate surface area is 151 Å². The number of hydrogen-bond acceptors (Lipinski definition) is 3. The summed E-state index contributed by atoms with van der Waals surface area (Å²) in [4.78, 5) is 2.50. The average molecular weight is 339 g/mol. The first-order chi connectivity index (χ1) is 12.4. The molecule has 0 aromatic heterocycles. The molecule has 2 aromatic rings. The Morgan fingerprint density at radius 3 is 2.56 bits per heavy atom. The van der Waals surface area contributed by atoms with Crippen LogP contribution >= 0.6 is 0 Å². The average Bonchev–Trinajstić information content (AvgIpc) is 2.68. The van der Waals surface area contributed by atoms with E-state index in [1.54, 1.807) is 0 Å². The van der Waals surface area contributed by atoms with Gasteiger partial charge in [-0.1, -0.05) is 43.3 Å². The van der Waals surface area contributed by atoms with Crippen molar-refractivity contribution in [3.05, 3.63) is 54.1 Å². The molecule has 0 aliphatic carbocycles. The zero-order valence-electron chi connectivity index (χ0n) is 15.2. The Kier molecular flexibility index (Phi) is 6.89. The van der Waals surface area contributed by atoms with Gasteiger partial charge in [-0.25, -0.2) is 0 Å². The van der Waals surface area contributed by atoms with Crippen molar-refractivity contribution in [2.24, 2.45) is 0 Å². The molecule has 134 valence electrons. The van der Waals surface area contributed by atoms with E-state index in [1.807, 2.05) is 0 Å². The minimum absolute atomic E-state index is 0.779. The molecule has 0 amide bonds. The van der Waals surface area contributed by atoms with E-state index in [4.69, 9.17) is 9.47 Å². The zero-order chi connectivity index (χ0) is 17.3. The van der Waals surface area contributed by atoms with Crippen LogP contribution in [0.1, 0.15) is 25.3 Å². The van der Waals surface area contributed by atoms with Crippen LogP contribution < -0.4 is 4.74 Å². The Hall–Kier alpha value is -1.84. The van der Waals surface area contributed by atoms with Crippen LogP contribution in [0.5, 0.6) is 5.75 Å². The van der Waals surface area contributed by atoms with Gasteiger partial charge in [0.1, 0.15) is 5.75 Å². The highest BCUT2D eigenvalue weighted by Gasteiger charge is 2.11. The fourth-order valence-electron chi connectivity index (χ4n) is 3.26. The molecule has 25 heavy (non-hydrogen) atoms. The van der Waals surface area contributed by atoms with Crippen LogP contribution in [0.4, 0.5) is 0 Å². The van der Waals surface area contributed by atoms with Gasteiger partial charge < -0.3 is 9.47 Å². The molecule has 0 radical (unpaired) electrons. The van der Waals surface area contributed by atoms with Crippen LogP contribution in [0.25, 0.3) is 11.1 Å². The van der Waals surface area contributed by atoms with Crippen molar-refractivity contribution < 1.29 is 9.47 Å². The number of morpholine rings is 1. The Balaban J connectivity index is 1.69. The molecule has 2 aromatic carbocycles. The van der Waals surface area contributed by atoms with Crippen LogP contribution in [0.3, 0.4) is 0 Å². The maximum absolute atomic E-state index is 5.99. The predicted molar refractivity (Wildman–Crippen MR) is 103 cm³/mol. The molecule has 1 heterocycles. The molecule has 3 nitrogen and oxygen atoms in total. The first-order valence-electron chi connectivity index (χ1n) is 9.48. The van der Waals surface area contributed by atoms with Crippen LogP contribution in [0.15, 0.2) is 48.5 Å². The molecule has 0 N–H and O–H groups in total. The summed E-state index contributed by atoms with van der Waals surface area (Å²) in [6, 6.07) is 17.2. The zero-order valence-corrected chi connectivity index (χ0v) is 15.2. The van der Waals surface area contributed by atoms with E-state index in [9.17, 15) is 0 Å². The van der Waals surface area contributed by atoms with Gasteiger partial charge in [0.2, 0.25) is 0 Å². The molecule has 0 atom stereocenters. The maximum atomic E-state index is 5.99. The highest BCUT2D eigenvalue weighted by Crippen LogP contribution is 2.28. The second kappa shape index (κ2) is 9.59. The summed E-state index contributed by atoms with van der Waals surface area (Å²) in [5, 5.41) is 0. The molecule has 1 fully saturated rings. The van der Waals surface area contributed by atoms with Gasteiger partial charge in [-0.3, -0.25) is 4.90 Å². The summed E-state index contributed by atoms with van der Waals surface area (Å²) >= 11 is 0. The number of nitrogens with zero attached hydrogens (tertiary/aromatic N) is 1. The van der Waals surface area contributed by atoms with E-state index in [2.05, 4.69) is 60.4 Å². The number of benzene rings is 2. The van der Waals surface area contributed by atoms with Gasteiger partial charge >= 0.3 is 0 Å². The number of ether oxygens (including phenoxy) is 2. The fraction of sp³-hybridized carbons (Fsp3) is 0.455.